The summed E-state index contributed by atoms with van der Waals surface area (Å²) < 4.78 is 0. The number of likely N-dealkylation sites (N-methyl/N-ethyl adjacent to an activating group) is 1. The molecule has 0 heterocycles. The van der Waals surface area contributed by atoms with E-state index in [1.165, 1.54) is 0 Å². The summed E-state index contributed by atoms with van der Waals surface area (Å²) in [6, 6.07) is 5.04. The lowest BCUT2D eigenvalue weighted by atomic mass is 10.2. The van der Waals surface area contributed by atoms with Gasteiger partial charge in [0.25, 0.3) is 0 Å². The summed E-state index contributed by atoms with van der Waals surface area (Å²) in [4.78, 5) is 2.32. The minimum Gasteiger partial charge on any atom is -0.506 e. The van der Waals surface area contributed by atoms with E-state index >= 15 is 0 Å². The highest BCUT2D eigenvalue weighted by molar-refractivity contribution is 5.62. The summed E-state index contributed by atoms with van der Waals surface area (Å²) in [7, 11) is 0. The molecule has 1 rings (SSSR count). The van der Waals surface area contributed by atoms with Crippen molar-refractivity contribution in [1.29, 1.82) is 0 Å². The van der Waals surface area contributed by atoms with E-state index < -0.39 is 0 Å². The Labute approximate surface area is 97.1 Å². The Hall–Kier alpha value is -1.42. The fourth-order valence-electron chi connectivity index (χ4n) is 1.58. The second-order valence-electron chi connectivity index (χ2n) is 3.73. The number of aromatic hydroxyl groups is 1. The van der Waals surface area contributed by atoms with Gasteiger partial charge in [0, 0.05) is 18.8 Å². The van der Waals surface area contributed by atoms with Crippen LogP contribution in [0.4, 0.5) is 11.4 Å². The number of rotatable bonds is 6. The van der Waals surface area contributed by atoms with Gasteiger partial charge < -0.3 is 21.1 Å². The third kappa shape index (κ3) is 3.62. The highest BCUT2D eigenvalue weighted by Crippen LogP contribution is 2.24. The first kappa shape index (κ1) is 12.6. The van der Waals surface area contributed by atoms with E-state index in [0.717, 1.165) is 26.2 Å². The van der Waals surface area contributed by atoms with Gasteiger partial charge in [-0.3, -0.25) is 0 Å². The summed E-state index contributed by atoms with van der Waals surface area (Å²) in [5.41, 5.74) is 7.01. The van der Waals surface area contributed by atoms with Crippen LogP contribution in [-0.2, 0) is 0 Å². The van der Waals surface area contributed by atoms with Crippen molar-refractivity contribution in [2.75, 3.05) is 37.2 Å². The topological polar surface area (TPSA) is 61.5 Å². The Kier molecular flexibility index (Phi) is 4.92. The molecule has 1 aromatic carbocycles. The predicted octanol–water partition coefficient (Wildman–Crippen LogP) is 1.73. The molecule has 0 aliphatic heterocycles. The number of nitrogens with two attached hydrogens (primary N) is 1. The van der Waals surface area contributed by atoms with Crippen molar-refractivity contribution in [3.63, 3.8) is 0 Å². The van der Waals surface area contributed by atoms with Crippen LogP contribution in [0.2, 0.25) is 0 Å². The molecule has 0 unspecified atom stereocenters. The molecule has 0 atom stereocenters. The predicted molar refractivity (Wildman–Crippen MR) is 68.8 cm³/mol. The zero-order valence-electron chi connectivity index (χ0n) is 10.0. The van der Waals surface area contributed by atoms with Crippen LogP contribution in [0.15, 0.2) is 18.2 Å². The van der Waals surface area contributed by atoms with Crippen molar-refractivity contribution in [3.8, 4) is 5.75 Å². The molecule has 0 spiro atoms. The number of hydrogen-bond donors (Lipinski definition) is 3. The smallest absolute Gasteiger partial charge is 0.138 e. The van der Waals surface area contributed by atoms with Gasteiger partial charge in [-0.15, -0.1) is 0 Å². The van der Waals surface area contributed by atoms with E-state index in [2.05, 4.69) is 24.1 Å². The van der Waals surface area contributed by atoms with Gasteiger partial charge in [-0.25, -0.2) is 0 Å². The average molecular weight is 223 g/mol. The number of nitrogens with one attached hydrogen (secondary N) is 1. The van der Waals surface area contributed by atoms with Crippen molar-refractivity contribution < 1.29 is 5.11 Å². The van der Waals surface area contributed by atoms with E-state index in [0.29, 0.717) is 11.4 Å². The maximum Gasteiger partial charge on any atom is 0.138 e. The van der Waals surface area contributed by atoms with Crippen LogP contribution < -0.4 is 11.1 Å². The zero-order valence-corrected chi connectivity index (χ0v) is 10.0. The number of hydrogen-bond acceptors (Lipinski definition) is 4. The van der Waals surface area contributed by atoms with Crippen LogP contribution in [0.3, 0.4) is 0 Å². The van der Waals surface area contributed by atoms with Gasteiger partial charge in [0.05, 0.1) is 5.69 Å². The summed E-state index contributed by atoms with van der Waals surface area (Å²) in [6.45, 7) is 8.13. The quantitative estimate of drug-likeness (QED) is 0.390. The van der Waals surface area contributed by atoms with Gasteiger partial charge in [-0.1, -0.05) is 13.8 Å². The van der Waals surface area contributed by atoms with Gasteiger partial charge in [0.1, 0.15) is 5.75 Å². The largest absolute Gasteiger partial charge is 0.506 e. The number of anilines is 2. The maximum atomic E-state index is 9.58. The van der Waals surface area contributed by atoms with E-state index in [-0.39, 0.29) is 5.75 Å². The molecule has 4 nitrogen and oxygen atoms in total. The molecule has 90 valence electrons. The van der Waals surface area contributed by atoms with E-state index in [9.17, 15) is 5.11 Å². The molecule has 0 saturated carbocycles. The lowest BCUT2D eigenvalue weighted by Gasteiger charge is -2.18. The average Bonchev–Trinajstić information content (AvgIpc) is 2.29. The minimum absolute atomic E-state index is 0.244. The second kappa shape index (κ2) is 6.23. The first-order valence-electron chi connectivity index (χ1n) is 5.72. The lowest BCUT2D eigenvalue weighted by molar-refractivity contribution is 0.316. The van der Waals surface area contributed by atoms with Gasteiger partial charge in [-0.2, -0.15) is 0 Å². The van der Waals surface area contributed by atoms with Crippen LogP contribution in [0.5, 0.6) is 5.75 Å². The summed E-state index contributed by atoms with van der Waals surface area (Å²) in [6.07, 6.45) is 0. The number of phenolic OH excluding ortho intramolecular Hbond substituents is 1. The summed E-state index contributed by atoms with van der Waals surface area (Å²) in [5.74, 6) is 0.244. The van der Waals surface area contributed by atoms with Crippen molar-refractivity contribution in [1.82, 2.24) is 4.90 Å². The molecule has 16 heavy (non-hydrogen) atoms. The Morgan fingerprint density at radius 3 is 2.62 bits per heavy atom. The third-order valence-corrected chi connectivity index (χ3v) is 2.66. The number of nitrogens with zero attached hydrogens (tertiary/aromatic N) is 1. The standard InChI is InChI=1S/C12H21N3O/c1-3-15(4-2)8-7-14-11-9-10(13)5-6-12(11)16/h5-6,9,14,16H,3-4,7-8,13H2,1-2H3. The third-order valence-electron chi connectivity index (χ3n) is 2.66. The number of benzene rings is 1. The molecule has 0 aromatic heterocycles. The molecule has 4 N–H and O–H groups in total. The van der Waals surface area contributed by atoms with Crippen LogP contribution >= 0.6 is 0 Å². The zero-order chi connectivity index (χ0) is 12.0. The fourth-order valence-corrected chi connectivity index (χ4v) is 1.58. The molecule has 0 saturated heterocycles. The molecular weight excluding hydrogens is 202 g/mol. The van der Waals surface area contributed by atoms with E-state index in [4.69, 9.17) is 5.73 Å². The monoisotopic (exact) mass is 223 g/mol. The molecular formula is C12H21N3O. The summed E-state index contributed by atoms with van der Waals surface area (Å²) >= 11 is 0. The Morgan fingerprint density at radius 1 is 1.31 bits per heavy atom. The molecule has 0 radical (unpaired) electrons. The van der Waals surface area contributed by atoms with Crippen molar-refractivity contribution in [2.45, 2.75) is 13.8 Å². The van der Waals surface area contributed by atoms with E-state index in [1.54, 1.807) is 18.2 Å². The van der Waals surface area contributed by atoms with Gasteiger partial charge >= 0.3 is 0 Å². The Balaban J connectivity index is 2.45. The SMILES string of the molecule is CCN(CC)CCNc1cc(N)ccc1O. The minimum atomic E-state index is 0.244. The normalized spacial score (nSPS) is 10.7. The Bertz CT molecular complexity index is 324. The van der Waals surface area contributed by atoms with Crippen LogP contribution in [0, 0.1) is 0 Å². The second-order valence-corrected chi connectivity index (χ2v) is 3.73. The molecule has 1 aromatic rings. The molecule has 0 fully saturated rings. The van der Waals surface area contributed by atoms with Crippen LogP contribution in [0.25, 0.3) is 0 Å². The van der Waals surface area contributed by atoms with E-state index in [1.807, 2.05) is 0 Å². The Morgan fingerprint density at radius 2 is 2.00 bits per heavy atom. The number of nitrogen functional groups attached to an aromatic ring is 1. The van der Waals surface area contributed by atoms with Gasteiger partial charge in [0.15, 0.2) is 0 Å². The lowest BCUT2D eigenvalue weighted by Crippen LogP contribution is -2.28. The molecule has 4 heteroatoms. The van der Waals surface area contributed by atoms with Crippen LogP contribution in [-0.4, -0.2) is 36.2 Å². The molecule has 0 aliphatic rings. The maximum absolute atomic E-state index is 9.58. The van der Waals surface area contributed by atoms with Crippen molar-refractivity contribution in [2.24, 2.45) is 0 Å². The first-order chi connectivity index (χ1) is 7.67. The van der Waals surface area contributed by atoms with Gasteiger partial charge in [-0.05, 0) is 31.3 Å². The van der Waals surface area contributed by atoms with Crippen molar-refractivity contribution in [3.05, 3.63) is 18.2 Å². The fraction of sp³-hybridized carbons (Fsp3) is 0.500. The van der Waals surface area contributed by atoms with Crippen LogP contribution in [0.1, 0.15) is 13.8 Å². The number of phenols is 1. The highest BCUT2D eigenvalue weighted by atomic mass is 16.3. The highest BCUT2D eigenvalue weighted by Gasteiger charge is 2.02. The summed E-state index contributed by atoms with van der Waals surface area (Å²) in [5, 5.41) is 12.8. The molecule has 0 aliphatic carbocycles. The first-order valence-corrected chi connectivity index (χ1v) is 5.72. The van der Waals surface area contributed by atoms with Crippen molar-refractivity contribution >= 4 is 11.4 Å². The molecule has 0 amide bonds. The van der Waals surface area contributed by atoms with Gasteiger partial charge in [0.2, 0.25) is 0 Å². The molecule has 0 bridgehead atoms.